The number of carbonyl (C=O) groups excluding carboxylic acids is 1. The van der Waals surface area contributed by atoms with Gasteiger partial charge in [-0.3, -0.25) is 4.79 Å². The van der Waals surface area contributed by atoms with Crippen LogP contribution in [-0.4, -0.2) is 23.7 Å². The van der Waals surface area contributed by atoms with Gasteiger partial charge in [0.1, 0.15) is 0 Å². The molecule has 0 saturated heterocycles. The highest BCUT2D eigenvalue weighted by Gasteiger charge is 2.32. The SMILES string of the molecule is CCC1C(=O)N(C)N=C1c1ccccc1. The normalized spacial score (nSPS) is 20.7. The van der Waals surface area contributed by atoms with E-state index in [4.69, 9.17) is 0 Å². The second-order valence-corrected chi connectivity index (χ2v) is 3.67. The van der Waals surface area contributed by atoms with E-state index in [1.54, 1.807) is 7.05 Å². The number of hydrogen-bond acceptors (Lipinski definition) is 2. The van der Waals surface area contributed by atoms with Gasteiger partial charge in [0, 0.05) is 7.05 Å². The Bertz CT molecular complexity index is 397. The summed E-state index contributed by atoms with van der Waals surface area (Å²) in [6.45, 7) is 2.01. The summed E-state index contributed by atoms with van der Waals surface area (Å²) in [6, 6.07) is 9.88. The zero-order valence-electron chi connectivity index (χ0n) is 8.97. The fourth-order valence-corrected chi connectivity index (χ4v) is 1.86. The topological polar surface area (TPSA) is 32.7 Å². The summed E-state index contributed by atoms with van der Waals surface area (Å²) >= 11 is 0. The molecule has 0 spiro atoms. The van der Waals surface area contributed by atoms with Gasteiger partial charge < -0.3 is 0 Å². The number of benzene rings is 1. The van der Waals surface area contributed by atoms with Crippen molar-refractivity contribution in [2.24, 2.45) is 11.0 Å². The first-order valence-electron chi connectivity index (χ1n) is 5.15. The predicted octanol–water partition coefficient (Wildman–Crippen LogP) is 1.89. The van der Waals surface area contributed by atoms with Crippen LogP contribution in [0.5, 0.6) is 0 Å². The third kappa shape index (κ3) is 1.65. The van der Waals surface area contributed by atoms with E-state index in [-0.39, 0.29) is 11.8 Å². The van der Waals surface area contributed by atoms with Crippen molar-refractivity contribution in [3.8, 4) is 0 Å². The minimum absolute atomic E-state index is 0.0719. The van der Waals surface area contributed by atoms with Gasteiger partial charge in [0.15, 0.2) is 0 Å². The summed E-state index contributed by atoms with van der Waals surface area (Å²) in [4.78, 5) is 11.7. The van der Waals surface area contributed by atoms with Crippen LogP contribution < -0.4 is 0 Å². The van der Waals surface area contributed by atoms with E-state index in [2.05, 4.69) is 5.10 Å². The molecule has 3 nitrogen and oxygen atoms in total. The highest BCUT2D eigenvalue weighted by atomic mass is 16.2. The molecule has 3 heteroatoms. The molecule has 0 bridgehead atoms. The smallest absolute Gasteiger partial charge is 0.251 e. The van der Waals surface area contributed by atoms with Crippen molar-refractivity contribution < 1.29 is 4.79 Å². The minimum Gasteiger partial charge on any atom is -0.272 e. The molecule has 0 aliphatic carbocycles. The zero-order valence-corrected chi connectivity index (χ0v) is 8.97. The van der Waals surface area contributed by atoms with Gasteiger partial charge >= 0.3 is 0 Å². The predicted molar refractivity (Wildman–Crippen MR) is 59.5 cm³/mol. The van der Waals surface area contributed by atoms with Crippen LogP contribution in [0.3, 0.4) is 0 Å². The van der Waals surface area contributed by atoms with Crippen molar-refractivity contribution >= 4 is 11.6 Å². The Labute approximate surface area is 89.4 Å². The van der Waals surface area contributed by atoms with Crippen molar-refractivity contribution in [1.29, 1.82) is 0 Å². The van der Waals surface area contributed by atoms with Gasteiger partial charge in [0.05, 0.1) is 11.6 Å². The number of nitrogens with zero attached hydrogens (tertiary/aromatic N) is 2. The molecular weight excluding hydrogens is 188 g/mol. The maximum Gasteiger partial charge on any atom is 0.251 e. The van der Waals surface area contributed by atoms with Gasteiger partial charge in [-0.25, -0.2) is 5.01 Å². The lowest BCUT2D eigenvalue weighted by molar-refractivity contribution is -0.130. The third-order valence-electron chi connectivity index (χ3n) is 2.68. The maximum atomic E-state index is 11.7. The third-order valence-corrected chi connectivity index (χ3v) is 2.68. The van der Waals surface area contributed by atoms with Crippen LogP contribution in [0.4, 0.5) is 0 Å². The molecule has 1 heterocycles. The lowest BCUT2D eigenvalue weighted by Crippen LogP contribution is -2.24. The standard InChI is InChI=1S/C12H14N2O/c1-3-10-11(13-14(2)12(10)15)9-7-5-4-6-8-9/h4-8,10H,3H2,1-2H3. The summed E-state index contributed by atoms with van der Waals surface area (Å²) in [6.07, 6.45) is 0.802. The molecular formula is C12H14N2O. The van der Waals surface area contributed by atoms with Gasteiger partial charge in [-0.2, -0.15) is 5.10 Å². The molecule has 1 unspecified atom stereocenters. The molecule has 0 radical (unpaired) electrons. The van der Waals surface area contributed by atoms with E-state index < -0.39 is 0 Å². The van der Waals surface area contributed by atoms with Crippen LogP contribution in [0, 0.1) is 5.92 Å². The highest BCUT2D eigenvalue weighted by molar-refractivity contribution is 6.15. The molecule has 1 amide bonds. The van der Waals surface area contributed by atoms with Crippen molar-refractivity contribution in [3.63, 3.8) is 0 Å². The number of rotatable bonds is 2. The Balaban J connectivity index is 2.37. The van der Waals surface area contributed by atoms with Crippen LogP contribution in [0.1, 0.15) is 18.9 Å². The molecule has 1 aliphatic heterocycles. The Morgan fingerprint density at radius 1 is 1.33 bits per heavy atom. The summed E-state index contributed by atoms with van der Waals surface area (Å²) in [5.41, 5.74) is 1.94. The minimum atomic E-state index is -0.0719. The number of carbonyl (C=O) groups is 1. The van der Waals surface area contributed by atoms with E-state index >= 15 is 0 Å². The summed E-state index contributed by atoms with van der Waals surface area (Å²) < 4.78 is 0. The average molecular weight is 202 g/mol. The van der Waals surface area contributed by atoms with E-state index in [0.29, 0.717) is 0 Å². The van der Waals surface area contributed by atoms with Crippen molar-refractivity contribution in [3.05, 3.63) is 35.9 Å². The summed E-state index contributed by atoms with van der Waals surface area (Å²) in [5, 5.41) is 5.73. The fraction of sp³-hybridized carbons (Fsp3) is 0.333. The second kappa shape index (κ2) is 3.85. The van der Waals surface area contributed by atoms with E-state index in [1.807, 2.05) is 37.3 Å². The van der Waals surface area contributed by atoms with Crippen molar-refractivity contribution in [1.82, 2.24) is 5.01 Å². The Hall–Kier alpha value is -1.64. The quantitative estimate of drug-likeness (QED) is 0.720. The first-order valence-corrected chi connectivity index (χ1v) is 5.15. The lowest BCUT2D eigenvalue weighted by Gasteiger charge is -2.08. The Morgan fingerprint density at radius 3 is 2.60 bits per heavy atom. The Morgan fingerprint density at radius 2 is 2.00 bits per heavy atom. The highest BCUT2D eigenvalue weighted by Crippen LogP contribution is 2.22. The molecule has 15 heavy (non-hydrogen) atoms. The first kappa shape index (κ1) is 9.90. The van der Waals surface area contributed by atoms with Gasteiger partial charge in [-0.1, -0.05) is 37.3 Å². The molecule has 1 aliphatic rings. The van der Waals surface area contributed by atoms with E-state index in [0.717, 1.165) is 17.7 Å². The maximum absolute atomic E-state index is 11.7. The fourth-order valence-electron chi connectivity index (χ4n) is 1.86. The summed E-state index contributed by atoms with van der Waals surface area (Å²) in [5.74, 6) is 0.0220. The number of amides is 1. The van der Waals surface area contributed by atoms with E-state index in [1.165, 1.54) is 5.01 Å². The molecule has 1 aromatic carbocycles. The second-order valence-electron chi connectivity index (χ2n) is 3.67. The van der Waals surface area contributed by atoms with Crippen molar-refractivity contribution in [2.75, 3.05) is 7.05 Å². The molecule has 1 atom stereocenters. The monoisotopic (exact) mass is 202 g/mol. The zero-order chi connectivity index (χ0) is 10.8. The molecule has 0 aromatic heterocycles. The van der Waals surface area contributed by atoms with Crippen LogP contribution in [0.25, 0.3) is 0 Å². The van der Waals surface area contributed by atoms with Gasteiger partial charge in [-0.05, 0) is 12.0 Å². The molecule has 0 N–H and O–H groups in total. The Kier molecular flexibility index (Phi) is 2.54. The van der Waals surface area contributed by atoms with E-state index in [9.17, 15) is 4.79 Å². The molecule has 0 saturated carbocycles. The average Bonchev–Trinajstić information content (AvgIpc) is 2.56. The van der Waals surface area contributed by atoms with Crippen molar-refractivity contribution in [2.45, 2.75) is 13.3 Å². The molecule has 2 rings (SSSR count). The van der Waals surface area contributed by atoms with Crippen LogP contribution >= 0.6 is 0 Å². The summed E-state index contributed by atoms with van der Waals surface area (Å²) in [7, 11) is 1.71. The van der Waals surface area contributed by atoms with Crippen LogP contribution in [0.2, 0.25) is 0 Å². The first-order chi connectivity index (χ1) is 7.24. The largest absolute Gasteiger partial charge is 0.272 e. The van der Waals surface area contributed by atoms with Gasteiger partial charge in [0.2, 0.25) is 0 Å². The van der Waals surface area contributed by atoms with Gasteiger partial charge in [-0.15, -0.1) is 0 Å². The molecule has 1 aromatic rings. The van der Waals surface area contributed by atoms with Crippen LogP contribution in [-0.2, 0) is 4.79 Å². The van der Waals surface area contributed by atoms with Gasteiger partial charge in [0.25, 0.3) is 5.91 Å². The molecule has 0 fully saturated rings. The lowest BCUT2D eigenvalue weighted by atomic mass is 9.95. The van der Waals surface area contributed by atoms with Crippen LogP contribution in [0.15, 0.2) is 35.4 Å². The molecule has 78 valence electrons. The number of hydrazone groups is 1. The number of hydrogen-bond donors (Lipinski definition) is 0.